The van der Waals surface area contributed by atoms with Crippen LogP contribution < -0.4 is 14.2 Å². The Morgan fingerprint density at radius 2 is 1.83 bits per heavy atom. The Morgan fingerprint density at radius 3 is 2.57 bits per heavy atom. The lowest BCUT2D eigenvalue weighted by Gasteiger charge is -2.47. The summed E-state index contributed by atoms with van der Waals surface area (Å²) in [5.74, 6) is -1.40. The third kappa shape index (κ3) is 9.00. The van der Waals surface area contributed by atoms with E-state index in [9.17, 15) is 23.7 Å². The fraction of sp³-hybridized carbons (Fsp3) is 0.357. The minimum Gasteiger partial charge on any atom is -0.489 e. The van der Waals surface area contributed by atoms with E-state index in [0.717, 1.165) is 52.8 Å². The van der Waals surface area contributed by atoms with E-state index in [-0.39, 0.29) is 49.9 Å². The van der Waals surface area contributed by atoms with Gasteiger partial charge in [0, 0.05) is 29.9 Å². The van der Waals surface area contributed by atoms with Gasteiger partial charge in [0.2, 0.25) is 5.88 Å². The summed E-state index contributed by atoms with van der Waals surface area (Å²) in [6.45, 7) is 2.27. The van der Waals surface area contributed by atoms with Crippen LogP contribution in [0.15, 0.2) is 78.5 Å². The van der Waals surface area contributed by atoms with Crippen molar-refractivity contribution >= 4 is 29.2 Å². The molecule has 0 N–H and O–H groups in total. The van der Waals surface area contributed by atoms with Crippen LogP contribution in [0.1, 0.15) is 53.5 Å². The van der Waals surface area contributed by atoms with E-state index in [4.69, 9.17) is 30.5 Å². The van der Waals surface area contributed by atoms with E-state index >= 15 is 4.79 Å². The van der Waals surface area contributed by atoms with Gasteiger partial charge >= 0.3 is 6.09 Å². The average molecular weight is 819 g/mol. The molecule has 4 aromatic rings. The predicted octanol–water partition coefficient (Wildman–Crippen LogP) is 7.67. The first-order valence-electron chi connectivity index (χ1n) is 18.8. The van der Waals surface area contributed by atoms with Gasteiger partial charge in [-0.25, -0.2) is 18.6 Å². The molecule has 1 aromatic heterocycles. The van der Waals surface area contributed by atoms with E-state index in [1.165, 1.54) is 6.07 Å². The van der Waals surface area contributed by atoms with Gasteiger partial charge in [-0.3, -0.25) is 9.69 Å². The average Bonchev–Trinajstić information content (AvgIpc) is 4.06. The molecule has 3 aromatic carbocycles. The van der Waals surface area contributed by atoms with Crippen molar-refractivity contribution in [3.05, 3.63) is 133 Å². The molecular weight excluding hydrogens is 778 g/mol. The summed E-state index contributed by atoms with van der Waals surface area (Å²) in [6.07, 6.45) is 4.01. The molecule has 16 heteroatoms. The first kappa shape index (κ1) is 40.4. The minimum absolute atomic E-state index is 0.00750. The summed E-state index contributed by atoms with van der Waals surface area (Å²) < 4.78 is 50.9. The summed E-state index contributed by atoms with van der Waals surface area (Å²) in [6, 6.07) is 16.6. The summed E-state index contributed by atoms with van der Waals surface area (Å²) in [5.41, 5.74) is 5.15. The van der Waals surface area contributed by atoms with Crippen molar-refractivity contribution in [3.63, 3.8) is 0 Å². The maximum absolute atomic E-state index is 15.1. The third-order valence-corrected chi connectivity index (χ3v) is 10.9. The van der Waals surface area contributed by atoms with E-state index in [2.05, 4.69) is 9.82 Å². The number of morpholine rings is 1. The van der Waals surface area contributed by atoms with Gasteiger partial charge in [0.25, 0.3) is 11.0 Å². The molecule has 3 heterocycles. The zero-order valence-corrected chi connectivity index (χ0v) is 32.6. The lowest BCUT2D eigenvalue weighted by Crippen LogP contribution is -2.60. The third-order valence-electron chi connectivity index (χ3n) is 10.5. The number of aromatic nitrogens is 1. The molecule has 1 saturated heterocycles. The van der Waals surface area contributed by atoms with Crippen LogP contribution in [0.3, 0.4) is 0 Å². The van der Waals surface area contributed by atoms with Crippen LogP contribution >= 0.6 is 11.6 Å². The molecule has 7 rings (SSSR count). The number of aryl methyl sites for hydroxylation is 1. The molecule has 58 heavy (non-hydrogen) atoms. The highest BCUT2D eigenvalue weighted by Gasteiger charge is 2.48. The van der Waals surface area contributed by atoms with Gasteiger partial charge in [-0.1, -0.05) is 48.0 Å². The van der Waals surface area contributed by atoms with Crippen LogP contribution in [-0.2, 0) is 33.9 Å². The van der Waals surface area contributed by atoms with E-state index in [1.807, 2.05) is 42.2 Å². The number of rotatable bonds is 15. The van der Waals surface area contributed by atoms with Crippen LogP contribution in [0.2, 0.25) is 5.02 Å². The maximum atomic E-state index is 15.1. The van der Waals surface area contributed by atoms with Gasteiger partial charge < -0.3 is 28.7 Å². The van der Waals surface area contributed by atoms with Crippen molar-refractivity contribution in [3.8, 4) is 17.4 Å². The molecule has 2 bridgehead atoms. The lowest BCUT2D eigenvalue weighted by atomic mass is 9.82. The molecule has 2 atom stereocenters. The van der Waals surface area contributed by atoms with Gasteiger partial charge in [-0.05, 0) is 97.2 Å². The summed E-state index contributed by atoms with van der Waals surface area (Å²) >= 11 is 5.90. The minimum atomic E-state index is -0.896. The quantitative estimate of drug-likeness (QED) is 0.0508. The second-order valence-corrected chi connectivity index (χ2v) is 14.7. The van der Waals surface area contributed by atoms with Gasteiger partial charge in [-0.2, -0.15) is 0 Å². The number of fused-ring (bicyclic) bond motifs is 2. The van der Waals surface area contributed by atoms with Gasteiger partial charge in [0.1, 0.15) is 23.2 Å². The lowest BCUT2D eigenvalue weighted by molar-refractivity contribution is -0.763. The van der Waals surface area contributed by atoms with Crippen LogP contribution in [0.4, 0.5) is 13.6 Å². The van der Waals surface area contributed by atoms with Crippen molar-refractivity contribution in [2.24, 2.45) is 0 Å². The maximum Gasteiger partial charge on any atom is 0.416 e. The number of carbonyl (C=O) groups is 2. The molecule has 0 radical (unpaired) electrons. The number of methoxy groups -OCH3 is 1. The highest BCUT2D eigenvalue weighted by atomic mass is 35.5. The molecule has 2 unspecified atom stereocenters. The molecular formula is C42H41ClF2N4O9. The first-order valence-corrected chi connectivity index (χ1v) is 19.2. The highest BCUT2D eigenvalue weighted by Crippen LogP contribution is 2.41. The summed E-state index contributed by atoms with van der Waals surface area (Å²) in [7, 11) is 1.55. The number of halogens is 3. The van der Waals surface area contributed by atoms with Crippen LogP contribution in [0.5, 0.6) is 17.4 Å². The fourth-order valence-electron chi connectivity index (χ4n) is 7.44. The normalized spacial score (nSPS) is 17.4. The van der Waals surface area contributed by atoms with Crippen molar-refractivity contribution in [1.29, 1.82) is 0 Å². The molecule has 3 aliphatic rings. The number of hydrogen-bond acceptors (Lipinski definition) is 10. The standard InChI is InChI=1S/C42H41ClF2N4O9/c1-25-29(16-17-46-40(25)54-2)21-47(30-12-13-30)41(50)37-33(28-10-8-26(9-11-28)6-4-18-56-39-35(45)15-14-34(44)38(39)43)20-31-23-55-24-36(37)48(31)42(51)58-32-7-3-5-27(19-32)22-57-49(52)53/h3,5,7-11,14-17,19,30-31,36H,4,6,12-13,18,20-24H2,1-2H3. The molecule has 1 aliphatic carbocycles. The fourth-order valence-corrected chi connectivity index (χ4v) is 7.65. The van der Waals surface area contributed by atoms with Crippen LogP contribution in [0, 0.1) is 28.7 Å². The smallest absolute Gasteiger partial charge is 0.416 e. The molecule has 2 aliphatic heterocycles. The summed E-state index contributed by atoms with van der Waals surface area (Å²) in [4.78, 5) is 52.2. The second-order valence-electron chi connectivity index (χ2n) is 14.3. The number of nitrogens with zero attached hydrogens (tertiary/aromatic N) is 4. The monoisotopic (exact) mass is 818 g/mol. The number of ether oxygens (including phenoxy) is 4. The van der Waals surface area contributed by atoms with Gasteiger partial charge in [-0.15, -0.1) is 10.1 Å². The largest absolute Gasteiger partial charge is 0.489 e. The molecule has 1 saturated carbocycles. The van der Waals surface area contributed by atoms with E-state index in [0.29, 0.717) is 42.8 Å². The molecule has 2 fully saturated rings. The highest BCUT2D eigenvalue weighted by molar-refractivity contribution is 6.32. The number of carbonyl (C=O) groups excluding carboxylic acids is 2. The van der Waals surface area contributed by atoms with Gasteiger partial charge in [0.15, 0.2) is 11.6 Å². The second kappa shape index (κ2) is 17.8. The van der Waals surface area contributed by atoms with Gasteiger partial charge in [0.05, 0.1) is 39.0 Å². The Bertz CT molecular complexity index is 2220. The topological polar surface area (TPSA) is 143 Å². The zero-order valence-electron chi connectivity index (χ0n) is 31.8. The molecule has 0 spiro atoms. The van der Waals surface area contributed by atoms with Crippen LogP contribution in [0.25, 0.3) is 5.57 Å². The van der Waals surface area contributed by atoms with Crippen molar-refractivity contribution in [2.45, 2.75) is 70.3 Å². The Kier molecular flexibility index (Phi) is 12.4. The Balaban J connectivity index is 1.17. The van der Waals surface area contributed by atoms with E-state index in [1.54, 1.807) is 36.4 Å². The molecule has 304 valence electrons. The van der Waals surface area contributed by atoms with Crippen LogP contribution in [-0.4, -0.2) is 76.9 Å². The number of pyridine rings is 1. The van der Waals surface area contributed by atoms with Crippen molar-refractivity contribution in [2.75, 3.05) is 26.9 Å². The Morgan fingerprint density at radius 1 is 1.05 bits per heavy atom. The SMILES string of the molecule is COc1nccc(CN(C(=O)C2=C(c3ccc(CCCOc4c(F)ccc(F)c4Cl)cc3)CC3COCC2N3C(=O)Oc2cccc(CO[N+](=O)[O-])c2)C2CC2)c1C. The number of hydrogen-bond donors (Lipinski definition) is 0. The number of amides is 2. The first-order chi connectivity index (χ1) is 28.0. The Labute approximate surface area is 338 Å². The van der Waals surface area contributed by atoms with E-state index < -0.39 is 39.9 Å². The predicted molar refractivity (Wildman–Crippen MR) is 207 cm³/mol. The van der Waals surface area contributed by atoms with Crippen molar-refractivity contribution in [1.82, 2.24) is 14.8 Å². The Hall–Kier alpha value is -5.80. The molecule has 2 amide bonds. The van der Waals surface area contributed by atoms with Crippen molar-refractivity contribution < 1.29 is 47.2 Å². The zero-order chi connectivity index (χ0) is 40.9. The molecule has 13 nitrogen and oxygen atoms in total. The number of benzene rings is 3. The summed E-state index contributed by atoms with van der Waals surface area (Å²) in [5, 5.41) is 9.46.